The van der Waals surface area contributed by atoms with Crippen molar-refractivity contribution in [3.05, 3.63) is 58.4 Å². The van der Waals surface area contributed by atoms with E-state index in [0.717, 1.165) is 22.0 Å². The highest BCUT2D eigenvalue weighted by Gasteiger charge is 2.22. The average Bonchev–Trinajstić information content (AvgIpc) is 3.05. The van der Waals surface area contributed by atoms with Gasteiger partial charge in [-0.15, -0.1) is 0 Å². The minimum absolute atomic E-state index is 0.0927. The highest BCUT2D eigenvalue weighted by atomic mass is 32.1. The number of para-hydroxylation sites is 1. The van der Waals surface area contributed by atoms with Crippen LogP contribution in [0.1, 0.15) is 23.5 Å². The van der Waals surface area contributed by atoms with Crippen molar-refractivity contribution in [3.63, 3.8) is 0 Å². The third-order valence-corrected chi connectivity index (χ3v) is 4.33. The van der Waals surface area contributed by atoms with E-state index >= 15 is 0 Å². The number of carboxylic acids is 1. The molecule has 1 N–H and O–H groups in total. The molecule has 0 saturated heterocycles. The van der Waals surface area contributed by atoms with Gasteiger partial charge in [0.05, 0.1) is 6.42 Å². The molecule has 0 spiro atoms. The van der Waals surface area contributed by atoms with Crippen molar-refractivity contribution < 1.29 is 9.90 Å². The molecule has 3 rings (SSSR count). The summed E-state index contributed by atoms with van der Waals surface area (Å²) in [6, 6.07) is 10.1. The molecule has 4 heteroatoms. The van der Waals surface area contributed by atoms with Crippen LogP contribution in [0.25, 0.3) is 10.9 Å². The first-order valence-corrected chi connectivity index (χ1v) is 7.39. The number of aryl methyl sites for hydroxylation is 1. The fourth-order valence-electron chi connectivity index (χ4n) is 2.71. The van der Waals surface area contributed by atoms with E-state index in [-0.39, 0.29) is 12.3 Å². The van der Waals surface area contributed by atoms with Crippen LogP contribution in [0.4, 0.5) is 0 Å². The number of nitrogens with zero attached hydrogens (tertiary/aromatic N) is 1. The Labute approximate surface area is 121 Å². The predicted octanol–water partition coefficient (Wildman–Crippen LogP) is 3.85. The molecule has 0 fully saturated rings. The molecular weight excluding hydrogens is 270 g/mol. The molecule has 0 saturated carbocycles. The topological polar surface area (TPSA) is 42.2 Å². The number of rotatable bonds is 4. The van der Waals surface area contributed by atoms with Crippen LogP contribution < -0.4 is 0 Å². The smallest absolute Gasteiger partial charge is 0.304 e. The number of carboxylic acid groups (broad SMARTS) is 1. The van der Waals surface area contributed by atoms with Gasteiger partial charge in [-0.25, -0.2) is 0 Å². The van der Waals surface area contributed by atoms with Gasteiger partial charge >= 0.3 is 5.97 Å². The van der Waals surface area contributed by atoms with Crippen LogP contribution in [0.5, 0.6) is 0 Å². The molecular formula is C16H15NO2S. The number of aromatic nitrogens is 1. The Morgan fingerprint density at radius 2 is 2.15 bits per heavy atom. The minimum Gasteiger partial charge on any atom is -0.481 e. The van der Waals surface area contributed by atoms with Gasteiger partial charge in [-0.05, 0) is 34.0 Å². The molecule has 0 aliphatic heterocycles. The van der Waals surface area contributed by atoms with E-state index in [9.17, 15) is 9.90 Å². The number of carbonyl (C=O) groups is 1. The third-order valence-electron chi connectivity index (χ3n) is 3.63. The monoisotopic (exact) mass is 285 g/mol. The maximum atomic E-state index is 11.2. The summed E-state index contributed by atoms with van der Waals surface area (Å²) in [6.07, 6.45) is 2.17. The minimum atomic E-state index is -0.769. The average molecular weight is 285 g/mol. The molecule has 0 aliphatic rings. The van der Waals surface area contributed by atoms with Gasteiger partial charge in [0.15, 0.2) is 0 Å². The van der Waals surface area contributed by atoms with Gasteiger partial charge in [-0.3, -0.25) is 4.79 Å². The molecule has 2 aromatic heterocycles. The van der Waals surface area contributed by atoms with Gasteiger partial charge in [-0.1, -0.05) is 18.2 Å². The Balaban J connectivity index is 2.16. The first-order valence-electron chi connectivity index (χ1n) is 6.44. The molecule has 1 unspecified atom stereocenters. The molecule has 1 atom stereocenters. The first-order chi connectivity index (χ1) is 9.66. The molecule has 3 aromatic rings. The standard InChI is InChI=1S/C16H15NO2S/c1-17-9-14(12-4-2-3-5-15(12)17)13(8-16(18)19)11-6-7-20-10-11/h2-7,9-10,13H,8H2,1H3,(H,18,19). The van der Waals surface area contributed by atoms with Crippen LogP contribution in [0, 0.1) is 0 Å². The normalized spacial score (nSPS) is 12.7. The molecule has 0 amide bonds. The zero-order valence-electron chi connectivity index (χ0n) is 11.1. The summed E-state index contributed by atoms with van der Waals surface area (Å²) in [5, 5.41) is 14.4. The first kappa shape index (κ1) is 12.9. The van der Waals surface area contributed by atoms with Crippen molar-refractivity contribution in [2.45, 2.75) is 12.3 Å². The Morgan fingerprint density at radius 3 is 2.85 bits per heavy atom. The molecule has 2 heterocycles. The lowest BCUT2D eigenvalue weighted by Crippen LogP contribution is -2.06. The predicted molar refractivity (Wildman–Crippen MR) is 81.3 cm³/mol. The lowest BCUT2D eigenvalue weighted by Gasteiger charge is -2.13. The van der Waals surface area contributed by atoms with Crippen LogP contribution in [-0.2, 0) is 11.8 Å². The van der Waals surface area contributed by atoms with Gasteiger partial charge in [0.1, 0.15) is 0 Å². The van der Waals surface area contributed by atoms with Crippen LogP contribution >= 0.6 is 11.3 Å². The second-order valence-electron chi connectivity index (χ2n) is 4.92. The molecule has 1 aromatic carbocycles. The van der Waals surface area contributed by atoms with E-state index in [0.29, 0.717) is 0 Å². The lowest BCUT2D eigenvalue weighted by molar-refractivity contribution is -0.137. The van der Waals surface area contributed by atoms with E-state index < -0.39 is 5.97 Å². The van der Waals surface area contributed by atoms with E-state index in [2.05, 4.69) is 22.9 Å². The summed E-state index contributed by atoms with van der Waals surface area (Å²) >= 11 is 1.60. The lowest BCUT2D eigenvalue weighted by atomic mass is 9.90. The maximum Gasteiger partial charge on any atom is 0.304 e. The maximum absolute atomic E-state index is 11.2. The summed E-state index contributed by atoms with van der Waals surface area (Å²) in [5.74, 6) is -0.862. The Bertz CT molecular complexity index is 743. The van der Waals surface area contributed by atoms with E-state index in [4.69, 9.17) is 0 Å². The number of hydrogen-bond acceptors (Lipinski definition) is 2. The van der Waals surface area contributed by atoms with Crippen LogP contribution in [0.3, 0.4) is 0 Å². The zero-order chi connectivity index (χ0) is 14.1. The number of fused-ring (bicyclic) bond motifs is 1. The van der Waals surface area contributed by atoms with Gasteiger partial charge in [0.2, 0.25) is 0 Å². The zero-order valence-corrected chi connectivity index (χ0v) is 11.9. The number of hydrogen-bond donors (Lipinski definition) is 1. The van der Waals surface area contributed by atoms with E-state index in [1.54, 1.807) is 11.3 Å². The van der Waals surface area contributed by atoms with Gasteiger partial charge < -0.3 is 9.67 Å². The summed E-state index contributed by atoms with van der Waals surface area (Å²) in [6.45, 7) is 0. The molecule has 3 nitrogen and oxygen atoms in total. The molecule has 20 heavy (non-hydrogen) atoms. The van der Waals surface area contributed by atoms with Gasteiger partial charge in [-0.2, -0.15) is 11.3 Å². The van der Waals surface area contributed by atoms with Crippen molar-refractivity contribution in [1.82, 2.24) is 4.57 Å². The molecule has 0 aliphatic carbocycles. The summed E-state index contributed by atoms with van der Waals surface area (Å²) in [4.78, 5) is 11.2. The fraction of sp³-hybridized carbons (Fsp3) is 0.188. The van der Waals surface area contributed by atoms with Crippen molar-refractivity contribution in [2.24, 2.45) is 7.05 Å². The number of aliphatic carboxylic acids is 1. The van der Waals surface area contributed by atoms with Crippen LogP contribution in [-0.4, -0.2) is 15.6 Å². The second-order valence-corrected chi connectivity index (χ2v) is 5.70. The summed E-state index contributed by atoms with van der Waals surface area (Å²) in [5.41, 5.74) is 3.30. The van der Waals surface area contributed by atoms with E-state index in [1.807, 2.05) is 36.0 Å². The fourth-order valence-corrected chi connectivity index (χ4v) is 3.42. The van der Waals surface area contributed by atoms with Gasteiger partial charge in [0.25, 0.3) is 0 Å². The second kappa shape index (κ2) is 5.13. The third kappa shape index (κ3) is 2.23. The van der Waals surface area contributed by atoms with Crippen molar-refractivity contribution in [2.75, 3.05) is 0 Å². The number of thiophene rings is 1. The SMILES string of the molecule is Cn1cc(C(CC(=O)O)c2ccsc2)c2ccccc21. The van der Waals surface area contributed by atoms with Crippen LogP contribution in [0.2, 0.25) is 0 Å². The molecule has 102 valence electrons. The molecule has 0 radical (unpaired) electrons. The Kier molecular flexibility index (Phi) is 3.32. The number of benzene rings is 1. The summed E-state index contributed by atoms with van der Waals surface area (Å²) < 4.78 is 2.06. The van der Waals surface area contributed by atoms with Crippen molar-refractivity contribution in [3.8, 4) is 0 Å². The highest BCUT2D eigenvalue weighted by Crippen LogP contribution is 2.35. The highest BCUT2D eigenvalue weighted by molar-refractivity contribution is 7.08. The Hall–Kier alpha value is -2.07. The van der Waals surface area contributed by atoms with Crippen molar-refractivity contribution >= 4 is 28.2 Å². The van der Waals surface area contributed by atoms with E-state index in [1.165, 1.54) is 0 Å². The largest absolute Gasteiger partial charge is 0.481 e. The van der Waals surface area contributed by atoms with Crippen LogP contribution in [0.15, 0.2) is 47.3 Å². The van der Waals surface area contributed by atoms with Gasteiger partial charge in [0, 0.05) is 30.1 Å². The van der Waals surface area contributed by atoms with Crippen molar-refractivity contribution in [1.29, 1.82) is 0 Å². The summed E-state index contributed by atoms with van der Waals surface area (Å²) in [7, 11) is 2.00. The molecule has 0 bridgehead atoms. The Morgan fingerprint density at radius 1 is 1.35 bits per heavy atom. The quantitative estimate of drug-likeness (QED) is 0.791.